The number of nitrogen functional groups attached to an aromatic ring is 1. The quantitative estimate of drug-likeness (QED) is 0.547. The molecule has 28 heavy (non-hydrogen) atoms. The van der Waals surface area contributed by atoms with E-state index >= 15 is 0 Å². The van der Waals surface area contributed by atoms with Crippen molar-refractivity contribution in [1.29, 1.82) is 5.26 Å². The van der Waals surface area contributed by atoms with Crippen molar-refractivity contribution in [1.82, 2.24) is 14.9 Å². The SMILES string of the molecule is Cc1c(-c2ccc(C#N)c(Cl)c2)c(N)nn1Cc1cc(-c2ccccc2)no1. The lowest BCUT2D eigenvalue weighted by Crippen LogP contribution is -2.03. The van der Waals surface area contributed by atoms with Gasteiger partial charge in [0.05, 0.1) is 10.6 Å². The fraction of sp³-hybridized carbons (Fsp3) is 0.0952. The zero-order valence-electron chi connectivity index (χ0n) is 15.1. The fourth-order valence-electron chi connectivity index (χ4n) is 3.12. The van der Waals surface area contributed by atoms with Gasteiger partial charge in [-0.25, -0.2) is 0 Å². The van der Waals surface area contributed by atoms with Crippen LogP contribution in [0.5, 0.6) is 0 Å². The second-order valence-corrected chi connectivity index (χ2v) is 6.76. The second kappa shape index (κ2) is 7.22. The lowest BCUT2D eigenvalue weighted by molar-refractivity contribution is 0.372. The first kappa shape index (κ1) is 17.8. The number of rotatable bonds is 4. The highest BCUT2D eigenvalue weighted by atomic mass is 35.5. The Bertz CT molecular complexity index is 1190. The number of nitrogens with two attached hydrogens (primary N) is 1. The zero-order valence-corrected chi connectivity index (χ0v) is 15.8. The molecule has 0 saturated carbocycles. The van der Waals surface area contributed by atoms with Gasteiger partial charge in [-0.05, 0) is 24.6 Å². The van der Waals surface area contributed by atoms with Crippen LogP contribution in [0, 0.1) is 18.3 Å². The molecular formula is C21H16ClN5O. The van der Waals surface area contributed by atoms with Crippen molar-refractivity contribution in [2.45, 2.75) is 13.5 Å². The number of hydrogen-bond donors (Lipinski definition) is 1. The van der Waals surface area contributed by atoms with Crippen molar-refractivity contribution >= 4 is 17.4 Å². The van der Waals surface area contributed by atoms with Crippen LogP contribution in [0.2, 0.25) is 5.02 Å². The van der Waals surface area contributed by atoms with Gasteiger partial charge in [0.2, 0.25) is 0 Å². The van der Waals surface area contributed by atoms with Gasteiger partial charge in [0, 0.05) is 22.9 Å². The molecular weight excluding hydrogens is 374 g/mol. The normalized spacial score (nSPS) is 10.8. The van der Waals surface area contributed by atoms with E-state index in [0.717, 1.165) is 28.1 Å². The number of aromatic nitrogens is 3. The van der Waals surface area contributed by atoms with Crippen LogP contribution in [0.1, 0.15) is 17.0 Å². The Morgan fingerprint density at radius 2 is 1.93 bits per heavy atom. The van der Waals surface area contributed by atoms with E-state index in [2.05, 4.69) is 16.3 Å². The smallest absolute Gasteiger partial charge is 0.158 e. The molecule has 0 amide bonds. The number of benzene rings is 2. The maximum atomic E-state index is 9.05. The summed E-state index contributed by atoms with van der Waals surface area (Å²) < 4.78 is 7.24. The largest absolute Gasteiger partial charge is 0.382 e. The molecule has 138 valence electrons. The average molecular weight is 390 g/mol. The summed E-state index contributed by atoms with van der Waals surface area (Å²) in [5.41, 5.74) is 10.8. The lowest BCUT2D eigenvalue weighted by atomic mass is 10.0. The molecule has 0 atom stereocenters. The Balaban J connectivity index is 1.64. The van der Waals surface area contributed by atoms with Crippen LogP contribution < -0.4 is 5.73 Å². The highest BCUT2D eigenvalue weighted by Crippen LogP contribution is 2.32. The fourth-order valence-corrected chi connectivity index (χ4v) is 3.34. The Hall–Kier alpha value is -3.56. The van der Waals surface area contributed by atoms with Crippen LogP contribution in [0.15, 0.2) is 59.1 Å². The van der Waals surface area contributed by atoms with Gasteiger partial charge in [-0.2, -0.15) is 10.4 Å². The molecule has 0 aliphatic heterocycles. The number of nitriles is 1. The molecule has 0 aliphatic rings. The Morgan fingerprint density at radius 1 is 1.14 bits per heavy atom. The molecule has 0 saturated heterocycles. The first-order chi connectivity index (χ1) is 13.6. The molecule has 0 bridgehead atoms. The van der Waals surface area contributed by atoms with Crippen LogP contribution in [0.25, 0.3) is 22.4 Å². The maximum Gasteiger partial charge on any atom is 0.158 e. The molecule has 0 radical (unpaired) electrons. The third-order valence-corrected chi connectivity index (χ3v) is 4.86. The second-order valence-electron chi connectivity index (χ2n) is 6.35. The predicted octanol–water partition coefficient (Wildman–Crippen LogP) is 4.67. The molecule has 4 rings (SSSR count). The minimum Gasteiger partial charge on any atom is -0.382 e. The summed E-state index contributed by atoms with van der Waals surface area (Å²) in [4.78, 5) is 0. The van der Waals surface area contributed by atoms with Crippen molar-refractivity contribution in [3.63, 3.8) is 0 Å². The third-order valence-electron chi connectivity index (χ3n) is 4.55. The van der Waals surface area contributed by atoms with Crippen molar-refractivity contribution in [2.24, 2.45) is 0 Å². The van der Waals surface area contributed by atoms with E-state index in [0.29, 0.717) is 28.7 Å². The van der Waals surface area contributed by atoms with Gasteiger partial charge in [0.1, 0.15) is 18.3 Å². The summed E-state index contributed by atoms with van der Waals surface area (Å²) in [5.74, 6) is 1.06. The van der Waals surface area contributed by atoms with Crippen LogP contribution in [-0.4, -0.2) is 14.9 Å². The minimum atomic E-state index is 0.384. The first-order valence-electron chi connectivity index (χ1n) is 8.60. The first-order valence-corrected chi connectivity index (χ1v) is 8.98. The standard InChI is InChI=1S/C21H16ClN5O/c1-13-20(15-7-8-16(11-23)18(22)9-15)21(24)25-27(13)12-17-10-19(26-28-17)14-5-3-2-4-6-14/h2-10H,12H2,1H3,(H2,24,25). The van der Waals surface area contributed by atoms with Crippen LogP contribution in [-0.2, 0) is 6.54 Å². The third kappa shape index (κ3) is 3.24. The average Bonchev–Trinajstić information content (AvgIpc) is 3.27. The van der Waals surface area contributed by atoms with Crippen LogP contribution in [0.3, 0.4) is 0 Å². The summed E-state index contributed by atoms with van der Waals surface area (Å²) >= 11 is 6.17. The van der Waals surface area contributed by atoms with E-state index < -0.39 is 0 Å². The van der Waals surface area contributed by atoms with E-state index in [-0.39, 0.29) is 0 Å². The van der Waals surface area contributed by atoms with Crippen LogP contribution >= 0.6 is 11.6 Å². The molecule has 0 fully saturated rings. The van der Waals surface area contributed by atoms with Gasteiger partial charge >= 0.3 is 0 Å². The van der Waals surface area contributed by atoms with Gasteiger partial charge in [-0.15, -0.1) is 0 Å². The summed E-state index contributed by atoms with van der Waals surface area (Å²) in [5, 5.41) is 18.0. The van der Waals surface area contributed by atoms with Crippen molar-refractivity contribution < 1.29 is 4.52 Å². The maximum absolute atomic E-state index is 9.05. The summed E-state index contributed by atoms with van der Waals surface area (Å²) in [7, 11) is 0. The van der Waals surface area contributed by atoms with E-state index in [9.17, 15) is 0 Å². The Labute approximate surface area is 166 Å². The molecule has 6 nitrogen and oxygen atoms in total. The topological polar surface area (TPSA) is 93.7 Å². The van der Waals surface area contributed by atoms with Gasteiger partial charge in [-0.3, -0.25) is 4.68 Å². The summed E-state index contributed by atoms with van der Waals surface area (Å²) in [6.45, 7) is 2.33. The molecule has 0 unspecified atom stereocenters. The van der Waals surface area contributed by atoms with Crippen LogP contribution in [0.4, 0.5) is 5.82 Å². The number of anilines is 1. The highest BCUT2D eigenvalue weighted by molar-refractivity contribution is 6.32. The molecule has 7 heteroatoms. The Morgan fingerprint density at radius 3 is 2.64 bits per heavy atom. The van der Waals surface area contributed by atoms with Gasteiger partial charge < -0.3 is 10.3 Å². The number of nitrogens with zero attached hydrogens (tertiary/aromatic N) is 4. The summed E-state index contributed by atoms with van der Waals surface area (Å²) in [6.07, 6.45) is 0. The molecule has 2 aromatic heterocycles. The van der Waals surface area contributed by atoms with E-state index in [4.69, 9.17) is 27.1 Å². The molecule has 0 aliphatic carbocycles. The highest BCUT2D eigenvalue weighted by Gasteiger charge is 2.17. The Kier molecular flexibility index (Phi) is 4.60. The van der Waals surface area contributed by atoms with E-state index in [1.165, 1.54) is 0 Å². The summed E-state index contributed by atoms with van der Waals surface area (Å²) in [6, 6.07) is 19.0. The molecule has 4 aromatic rings. The van der Waals surface area contributed by atoms with Gasteiger partial charge in [0.15, 0.2) is 11.6 Å². The van der Waals surface area contributed by atoms with Crippen molar-refractivity contribution in [3.8, 4) is 28.5 Å². The molecule has 2 aromatic carbocycles. The predicted molar refractivity (Wildman–Crippen MR) is 108 cm³/mol. The molecule has 2 N–H and O–H groups in total. The number of hydrogen-bond acceptors (Lipinski definition) is 5. The lowest BCUT2D eigenvalue weighted by Gasteiger charge is -2.05. The van der Waals surface area contributed by atoms with Gasteiger partial charge in [0.25, 0.3) is 0 Å². The number of halogens is 1. The van der Waals surface area contributed by atoms with Crippen molar-refractivity contribution in [2.75, 3.05) is 5.73 Å². The monoisotopic (exact) mass is 389 g/mol. The van der Waals surface area contributed by atoms with E-state index in [1.54, 1.807) is 16.8 Å². The van der Waals surface area contributed by atoms with E-state index in [1.807, 2.05) is 49.4 Å². The zero-order chi connectivity index (χ0) is 19.7. The minimum absolute atomic E-state index is 0.384. The van der Waals surface area contributed by atoms with Gasteiger partial charge in [-0.1, -0.05) is 53.2 Å². The van der Waals surface area contributed by atoms with Crippen molar-refractivity contribution in [3.05, 3.63) is 76.6 Å². The molecule has 2 heterocycles. The molecule has 0 spiro atoms.